The number of nitrogens with one attached hydrogen (secondary N) is 1. The molecule has 9 nitrogen and oxygen atoms in total. The van der Waals surface area contributed by atoms with Crippen LogP contribution in [0.1, 0.15) is 11.5 Å². The van der Waals surface area contributed by atoms with Crippen molar-refractivity contribution in [2.75, 3.05) is 7.11 Å². The van der Waals surface area contributed by atoms with Crippen LogP contribution in [-0.2, 0) is 14.1 Å². The number of aromatic nitrogens is 7. The van der Waals surface area contributed by atoms with Gasteiger partial charge in [-0.15, -0.1) is 0 Å². The number of hydrogen-bond donors (Lipinski definition) is 1. The van der Waals surface area contributed by atoms with Crippen molar-refractivity contribution in [2.45, 2.75) is 13.8 Å². The molecule has 2 aromatic carbocycles. The molecule has 0 aliphatic heterocycles. The molecule has 6 aromatic rings. The van der Waals surface area contributed by atoms with Gasteiger partial charge in [-0.25, -0.2) is 9.78 Å². The second-order valence-electron chi connectivity index (χ2n) is 8.57. The second-order valence-corrected chi connectivity index (χ2v) is 8.57. The van der Waals surface area contributed by atoms with Crippen molar-refractivity contribution in [1.29, 1.82) is 0 Å². The Bertz CT molecular complexity index is 1820. The number of nitrogens with zero attached hydrogens (tertiary/aromatic N) is 6. The maximum atomic E-state index is 13.3. The molecule has 0 saturated carbocycles. The predicted octanol–water partition coefficient (Wildman–Crippen LogP) is 3.78. The molecule has 6 rings (SSSR count). The SMILES string of the molecule is COc1cc2ncc3c(c2cc1-c1ccc2nc(C)[nH]c2c1)n(-c1cn(C)nc1C)c(=O)n3C. The fourth-order valence-electron chi connectivity index (χ4n) is 4.75. The molecule has 4 aromatic heterocycles. The number of methoxy groups -OCH3 is 1. The third-order valence-corrected chi connectivity index (χ3v) is 6.34. The fraction of sp³-hybridized carbons (Fsp3) is 0.200. The number of aryl methyl sites for hydroxylation is 4. The average Bonchev–Trinajstić information content (AvgIpc) is 3.44. The van der Waals surface area contributed by atoms with Crippen molar-refractivity contribution >= 4 is 33.0 Å². The van der Waals surface area contributed by atoms with Crippen LogP contribution in [0.2, 0.25) is 0 Å². The number of rotatable bonds is 3. The Morgan fingerprint density at radius 1 is 1.06 bits per heavy atom. The van der Waals surface area contributed by atoms with Gasteiger partial charge in [0.1, 0.15) is 11.6 Å². The Hall–Kier alpha value is -4.40. The molecular formula is C25H23N7O2. The van der Waals surface area contributed by atoms with Gasteiger partial charge in [-0.05, 0) is 37.6 Å². The largest absolute Gasteiger partial charge is 0.496 e. The number of benzene rings is 2. The summed E-state index contributed by atoms with van der Waals surface area (Å²) in [5.41, 5.74) is 7.41. The fourth-order valence-corrected chi connectivity index (χ4v) is 4.75. The third-order valence-electron chi connectivity index (χ3n) is 6.34. The first-order valence-electron chi connectivity index (χ1n) is 10.9. The first-order valence-corrected chi connectivity index (χ1v) is 10.9. The van der Waals surface area contributed by atoms with Gasteiger partial charge in [0.05, 0.1) is 52.3 Å². The summed E-state index contributed by atoms with van der Waals surface area (Å²) in [7, 11) is 5.27. The topological polar surface area (TPSA) is 95.6 Å². The van der Waals surface area contributed by atoms with E-state index < -0.39 is 0 Å². The Morgan fingerprint density at radius 2 is 1.88 bits per heavy atom. The lowest BCUT2D eigenvalue weighted by atomic mass is 10.0. The van der Waals surface area contributed by atoms with E-state index in [0.29, 0.717) is 5.75 Å². The summed E-state index contributed by atoms with van der Waals surface area (Å²) in [5, 5.41) is 5.31. The molecule has 0 bridgehead atoms. The molecule has 0 aliphatic carbocycles. The molecule has 34 heavy (non-hydrogen) atoms. The molecule has 4 heterocycles. The van der Waals surface area contributed by atoms with Gasteiger partial charge >= 0.3 is 5.69 Å². The average molecular weight is 454 g/mol. The van der Waals surface area contributed by atoms with Crippen molar-refractivity contribution in [1.82, 2.24) is 33.9 Å². The maximum absolute atomic E-state index is 13.3. The highest BCUT2D eigenvalue weighted by molar-refractivity contribution is 6.06. The first kappa shape index (κ1) is 20.2. The van der Waals surface area contributed by atoms with E-state index in [2.05, 4.69) is 32.2 Å². The Balaban J connectivity index is 1.72. The van der Waals surface area contributed by atoms with E-state index in [1.54, 1.807) is 34.2 Å². The minimum Gasteiger partial charge on any atom is -0.496 e. The summed E-state index contributed by atoms with van der Waals surface area (Å²) in [6.45, 7) is 3.84. The van der Waals surface area contributed by atoms with Gasteiger partial charge in [-0.3, -0.25) is 18.8 Å². The first-order chi connectivity index (χ1) is 16.4. The zero-order valence-corrected chi connectivity index (χ0v) is 19.5. The molecule has 0 saturated heterocycles. The smallest absolute Gasteiger partial charge is 0.333 e. The van der Waals surface area contributed by atoms with E-state index in [4.69, 9.17) is 4.74 Å². The highest BCUT2D eigenvalue weighted by Gasteiger charge is 2.20. The van der Waals surface area contributed by atoms with Crippen LogP contribution in [0.3, 0.4) is 0 Å². The third kappa shape index (κ3) is 2.79. The zero-order valence-electron chi connectivity index (χ0n) is 19.5. The van der Waals surface area contributed by atoms with Gasteiger partial charge in [0.15, 0.2) is 0 Å². The monoisotopic (exact) mass is 453 g/mol. The molecule has 0 spiro atoms. The number of imidazole rings is 2. The lowest BCUT2D eigenvalue weighted by Gasteiger charge is -2.12. The Morgan fingerprint density at radius 3 is 2.62 bits per heavy atom. The molecule has 0 aliphatic rings. The van der Waals surface area contributed by atoms with Crippen LogP contribution in [0.5, 0.6) is 5.75 Å². The molecule has 170 valence electrons. The van der Waals surface area contributed by atoms with Crippen LogP contribution >= 0.6 is 0 Å². The number of H-pyrrole nitrogens is 1. The molecule has 0 atom stereocenters. The Labute approximate surface area is 194 Å². The lowest BCUT2D eigenvalue weighted by Crippen LogP contribution is -2.21. The van der Waals surface area contributed by atoms with Crippen molar-refractivity contribution in [3.63, 3.8) is 0 Å². The number of aromatic amines is 1. The minimum atomic E-state index is -0.146. The maximum Gasteiger partial charge on any atom is 0.333 e. The molecular weight excluding hydrogens is 430 g/mol. The van der Waals surface area contributed by atoms with Gasteiger partial charge in [-0.1, -0.05) is 6.07 Å². The van der Waals surface area contributed by atoms with Crippen molar-refractivity contribution in [3.05, 3.63) is 64.7 Å². The molecule has 9 heteroatoms. The quantitative estimate of drug-likeness (QED) is 0.440. The van der Waals surface area contributed by atoms with Gasteiger partial charge in [0, 0.05) is 37.3 Å². The van der Waals surface area contributed by atoms with Crippen molar-refractivity contribution in [2.24, 2.45) is 14.1 Å². The standard InChI is InChI=1S/C25H23N7O2/c1-13-22(12-30(3)29-13)32-24-17-9-16(15-6-7-18-20(8-15)28-14(2)27-18)23(34-5)10-19(17)26-11-21(24)31(4)25(32)33/h6-12H,1-5H3,(H,27,28). The van der Waals surface area contributed by atoms with Gasteiger partial charge in [0.2, 0.25) is 0 Å². The van der Waals surface area contributed by atoms with Crippen molar-refractivity contribution in [3.8, 4) is 22.6 Å². The van der Waals surface area contributed by atoms with Crippen LogP contribution in [0, 0.1) is 13.8 Å². The number of fused-ring (bicyclic) bond motifs is 4. The van der Waals surface area contributed by atoms with Gasteiger partial charge in [-0.2, -0.15) is 5.10 Å². The summed E-state index contributed by atoms with van der Waals surface area (Å²) >= 11 is 0. The second kappa shape index (κ2) is 7.05. The van der Waals surface area contributed by atoms with E-state index in [1.165, 1.54) is 0 Å². The number of ether oxygens (including phenoxy) is 1. The molecule has 0 amide bonds. The van der Waals surface area contributed by atoms with E-state index in [0.717, 1.165) is 61.3 Å². The molecule has 0 fully saturated rings. The van der Waals surface area contributed by atoms with Crippen LogP contribution in [0.4, 0.5) is 0 Å². The highest BCUT2D eigenvalue weighted by atomic mass is 16.5. The van der Waals surface area contributed by atoms with Crippen LogP contribution in [-0.4, -0.2) is 41.0 Å². The van der Waals surface area contributed by atoms with E-state index in [-0.39, 0.29) is 5.69 Å². The normalized spacial score (nSPS) is 11.8. The summed E-state index contributed by atoms with van der Waals surface area (Å²) in [6, 6.07) is 10.1. The highest BCUT2D eigenvalue weighted by Crippen LogP contribution is 2.37. The predicted molar refractivity (Wildman–Crippen MR) is 132 cm³/mol. The Kier molecular flexibility index (Phi) is 4.19. The van der Waals surface area contributed by atoms with Crippen molar-refractivity contribution < 1.29 is 4.74 Å². The number of hydrogen-bond acceptors (Lipinski definition) is 5. The van der Waals surface area contributed by atoms with E-state index in [1.807, 2.05) is 45.3 Å². The van der Waals surface area contributed by atoms with Gasteiger partial charge in [0.25, 0.3) is 0 Å². The zero-order chi connectivity index (χ0) is 23.7. The molecule has 0 unspecified atom stereocenters. The summed E-state index contributed by atoms with van der Waals surface area (Å²) < 4.78 is 10.8. The molecule has 1 N–H and O–H groups in total. The summed E-state index contributed by atoms with van der Waals surface area (Å²) in [5.74, 6) is 1.57. The summed E-state index contributed by atoms with van der Waals surface area (Å²) in [4.78, 5) is 25.8. The van der Waals surface area contributed by atoms with E-state index in [9.17, 15) is 4.79 Å². The van der Waals surface area contributed by atoms with Crippen LogP contribution in [0.15, 0.2) is 47.5 Å². The number of pyridine rings is 1. The van der Waals surface area contributed by atoms with E-state index >= 15 is 0 Å². The lowest BCUT2D eigenvalue weighted by molar-refractivity contribution is 0.417. The van der Waals surface area contributed by atoms with Crippen LogP contribution < -0.4 is 10.4 Å². The van der Waals surface area contributed by atoms with Gasteiger partial charge < -0.3 is 9.72 Å². The van der Waals surface area contributed by atoms with Crippen LogP contribution in [0.25, 0.3) is 49.8 Å². The summed E-state index contributed by atoms with van der Waals surface area (Å²) in [6.07, 6.45) is 3.60. The minimum absolute atomic E-state index is 0.146. The molecule has 0 radical (unpaired) electrons.